The number of carbonyl (C=O) groups is 1. The molecule has 0 aromatic carbocycles. The predicted molar refractivity (Wildman–Crippen MR) is 73.5 cm³/mol. The number of Topliss-reactive ketones (excluding diaryl/α,β-unsaturated/α-hetero) is 1. The minimum atomic E-state index is -4.63. The Bertz CT molecular complexity index is 510. The summed E-state index contributed by atoms with van der Waals surface area (Å²) in [6.45, 7) is 10.5. The molecule has 1 heterocycles. The van der Waals surface area contributed by atoms with Gasteiger partial charge in [-0.3, -0.25) is 4.79 Å². The molecule has 0 aromatic rings. The Balaban J connectivity index is 2.70. The van der Waals surface area contributed by atoms with E-state index in [4.69, 9.17) is 4.74 Å². The van der Waals surface area contributed by atoms with E-state index in [0.29, 0.717) is 12.8 Å². The van der Waals surface area contributed by atoms with Gasteiger partial charge in [-0.15, -0.1) is 0 Å². The van der Waals surface area contributed by atoms with Crippen molar-refractivity contribution in [2.75, 3.05) is 0 Å². The SMILES string of the molecule is CC1(C)CCC2C(=C(C(F)(F)F)OC(C)(C)C2(C)C)C1=O. The van der Waals surface area contributed by atoms with Gasteiger partial charge in [0.2, 0.25) is 5.76 Å². The Labute approximate surface area is 123 Å². The molecule has 1 atom stereocenters. The van der Waals surface area contributed by atoms with Gasteiger partial charge in [-0.2, -0.15) is 13.2 Å². The van der Waals surface area contributed by atoms with Crippen LogP contribution in [-0.2, 0) is 9.53 Å². The smallest absolute Gasteiger partial charge is 0.449 e. The maximum atomic E-state index is 13.4. The lowest BCUT2D eigenvalue weighted by Gasteiger charge is -2.54. The zero-order chi connectivity index (χ0) is 16.4. The summed E-state index contributed by atoms with van der Waals surface area (Å²) in [5.41, 5.74) is -2.43. The summed E-state index contributed by atoms with van der Waals surface area (Å²) in [5.74, 6) is -1.91. The summed E-state index contributed by atoms with van der Waals surface area (Å²) in [6.07, 6.45) is -3.46. The summed E-state index contributed by atoms with van der Waals surface area (Å²) in [7, 11) is 0. The molecule has 0 N–H and O–H groups in total. The van der Waals surface area contributed by atoms with Crippen LogP contribution in [0.3, 0.4) is 0 Å². The number of ketones is 1. The zero-order valence-corrected chi connectivity index (χ0v) is 13.4. The Morgan fingerprint density at radius 2 is 1.62 bits per heavy atom. The average Bonchev–Trinajstić information content (AvgIpc) is 2.26. The summed E-state index contributed by atoms with van der Waals surface area (Å²) < 4.78 is 45.5. The van der Waals surface area contributed by atoms with Crippen LogP contribution in [0.15, 0.2) is 11.3 Å². The first-order valence-corrected chi connectivity index (χ1v) is 7.27. The first kappa shape index (κ1) is 16.4. The van der Waals surface area contributed by atoms with Gasteiger partial charge in [0, 0.05) is 22.3 Å². The normalized spacial score (nSPS) is 30.7. The highest BCUT2D eigenvalue weighted by Crippen LogP contribution is 2.58. The molecule has 0 spiro atoms. The number of carbonyl (C=O) groups excluding carboxylic acids is 1. The molecule has 5 heteroatoms. The Hall–Kier alpha value is -1.00. The van der Waals surface area contributed by atoms with E-state index in [1.54, 1.807) is 27.7 Å². The minimum absolute atomic E-state index is 0.150. The molecular weight excluding hydrogens is 281 g/mol. The molecule has 2 nitrogen and oxygen atoms in total. The topological polar surface area (TPSA) is 26.3 Å². The first-order valence-electron chi connectivity index (χ1n) is 7.27. The molecule has 1 unspecified atom stereocenters. The summed E-state index contributed by atoms with van der Waals surface area (Å²) in [5, 5.41) is 0. The molecule has 0 radical (unpaired) electrons. The van der Waals surface area contributed by atoms with Crippen molar-refractivity contribution in [3.05, 3.63) is 11.3 Å². The fourth-order valence-electron chi connectivity index (χ4n) is 3.34. The molecule has 1 saturated carbocycles. The van der Waals surface area contributed by atoms with Gasteiger partial charge < -0.3 is 4.74 Å². The second-order valence-corrected chi connectivity index (χ2v) is 7.88. The van der Waals surface area contributed by atoms with E-state index in [0.717, 1.165) is 0 Å². The second-order valence-electron chi connectivity index (χ2n) is 7.88. The van der Waals surface area contributed by atoms with Crippen molar-refractivity contribution < 1.29 is 22.7 Å². The fraction of sp³-hybridized carbons (Fsp3) is 0.812. The molecule has 0 saturated heterocycles. The van der Waals surface area contributed by atoms with Crippen LogP contribution in [0.25, 0.3) is 0 Å². The average molecular weight is 304 g/mol. The van der Waals surface area contributed by atoms with Gasteiger partial charge >= 0.3 is 6.18 Å². The first-order chi connectivity index (χ1) is 9.22. The van der Waals surface area contributed by atoms with Crippen LogP contribution >= 0.6 is 0 Å². The van der Waals surface area contributed by atoms with E-state index in [-0.39, 0.29) is 5.57 Å². The molecule has 1 aliphatic heterocycles. The van der Waals surface area contributed by atoms with Crippen LogP contribution in [-0.4, -0.2) is 17.6 Å². The number of alkyl halides is 3. The zero-order valence-electron chi connectivity index (χ0n) is 13.4. The van der Waals surface area contributed by atoms with Crippen molar-refractivity contribution in [3.8, 4) is 0 Å². The molecule has 0 aromatic heterocycles. The van der Waals surface area contributed by atoms with Gasteiger partial charge in [0.15, 0.2) is 5.78 Å². The summed E-state index contributed by atoms with van der Waals surface area (Å²) >= 11 is 0. The number of halogens is 3. The monoisotopic (exact) mass is 304 g/mol. The van der Waals surface area contributed by atoms with Crippen LogP contribution in [0.2, 0.25) is 0 Å². The van der Waals surface area contributed by atoms with Crippen molar-refractivity contribution in [1.29, 1.82) is 0 Å². The maximum Gasteiger partial charge on any atom is 0.449 e. The molecule has 2 rings (SSSR count). The molecule has 1 fully saturated rings. The number of allylic oxidation sites excluding steroid dienone is 2. The Morgan fingerprint density at radius 3 is 2.10 bits per heavy atom. The largest absolute Gasteiger partial charge is 0.482 e. The van der Waals surface area contributed by atoms with Crippen molar-refractivity contribution in [1.82, 2.24) is 0 Å². The van der Waals surface area contributed by atoms with Crippen molar-refractivity contribution in [3.63, 3.8) is 0 Å². The molecular formula is C16H23F3O2. The molecule has 120 valence electrons. The van der Waals surface area contributed by atoms with Crippen LogP contribution in [0.5, 0.6) is 0 Å². The van der Waals surface area contributed by atoms with E-state index in [1.165, 1.54) is 0 Å². The van der Waals surface area contributed by atoms with Gasteiger partial charge in [0.05, 0.1) is 0 Å². The number of hydrogen-bond donors (Lipinski definition) is 0. The Kier molecular flexibility index (Phi) is 3.32. The maximum absolute atomic E-state index is 13.4. The van der Waals surface area contributed by atoms with E-state index >= 15 is 0 Å². The van der Waals surface area contributed by atoms with E-state index < -0.39 is 40.1 Å². The number of ether oxygens (including phenoxy) is 1. The van der Waals surface area contributed by atoms with E-state index in [2.05, 4.69) is 0 Å². The number of rotatable bonds is 0. The van der Waals surface area contributed by atoms with Crippen molar-refractivity contribution in [2.24, 2.45) is 16.7 Å². The second kappa shape index (κ2) is 4.26. The Morgan fingerprint density at radius 1 is 1.10 bits per heavy atom. The third kappa shape index (κ3) is 2.29. The lowest BCUT2D eigenvalue weighted by atomic mass is 9.56. The molecule has 21 heavy (non-hydrogen) atoms. The third-order valence-corrected chi connectivity index (χ3v) is 5.55. The third-order valence-electron chi connectivity index (χ3n) is 5.55. The predicted octanol–water partition coefficient (Wildman–Crippen LogP) is 4.64. The van der Waals surface area contributed by atoms with Crippen LogP contribution in [0.4, 0.5) is 13.2 Å². The number of hydrogen-bond acceptors (Lipinski definition) is 2. The van der Waals surface area contributed by atoms with Gasteiger partial charge in [-0.05, 0) is 26.7 Å². The van der Waals surface area contributed by atoms with Gasteiger partial charge in [0.25, 0.3) is 0 Å². The molecule has 1 aliphatic carbocycles. The lowest BCUT2D eigenvalue weighted by molar-refractivity contribution is -0.197. The van der Waals surface area contributed by atoms with Gasteiger partial charge in [0.1, 0.15) is 5.60 Å². The van der Waals surface area contributed by atoms with Crippen LogP contribution in [0.1, 0.15) is 54.4 Å². The van der Waals surface area contributed by atoms with Crippen molar-refractivity contribution in [2.45, 2.75) is 66.2 Å². The van der Waals surface area contributed by atoms with Crippen LogP contribution in [0, 0.1) is 16.7 Å². The number of fused-ring (bicyclic) bond motifs is 1. The van der Waals surface area contributed by atoms with Gasteiger partial charge in [-0.25, -0.2) is 0 Å². The molecule has 0 amide bonds. The standard InChI is InChI=1S/C16H23F3O2/c1-13(2)8-7-9-10(11(13)20)12(16(17,18)19)21-15(5,6)14(9,3)4/h9H,7-8H2,1-6H3. The fourth-order valence-corrected chi connectivity index (χ4v) is 3.34. The molecule has 2 aliphatic rings. The quantitative estimate of drug-likeness (QED) is 0.651. The highest BCUT2D eigenvalue weighted by Gasteiger charge is 2.60. The van der Waals surface area contributed by atoms with Crippen molar-refractivity contribution >= 4 is 5.78 Å². The van der Waals surface area contributed by atoms with E-state index in [1.807, 2.05) is 13.8 Å². The molecule has 0 bridgehead atoms. The highest BCUT2D eigenvalue weighted by atomic mass is 19.4. The summed E-state index contributed by atoms with van der Waals surface area (Å²) in [6, 6.07) is 0. The summed E-state index contributed by atoms with van der Waals surface area (Å²) in [4.78, 5) is 12.6. The highest BCUT2D eigenvalue weighted by molar-refractivity contribution is 6.01. The lowest BCUT2D eigenvalue weighted by Crippen LogP contribution is -2.56. The van der Waals surface area contributed by atoms with E-state index in [9.17, 15) is 18.0 Å². The minimum Gasteiger partial charge on any atom is -0.482 e. The van der Waals surface area contributed by atoms with Gasteiger partial charge in [-0.1, -0.05) is 27.7 Å². The van der Waals surface area contributed by atoms with Crippen LogP contribution < -0.4 is 0 Å².